The van der Waals surface area contributed by atoms with E-state index in [-0.39, 0.29) is 42.0 Å². The number of ketones is 2. The van der Waals surface area contributed by atoms with Crippen molar-refractivity contribution < 1.29 is 29.0 Å². The van der Waals surface area contributed by atoms with Gasteiger partial charge < -0.3 is 9.84 Å². The molecule has 4 aliphatic rings. The molecule has 0 amide bonds. The number of esters is 1. The lowest BCUT2D eigenvalue weighted by Crippen LogP contribution is -2.54. The van der Waals surface area contributed by atoms with Crippen LogP contribution in [0.5, 0.6) is 0 Å². The molecule has 0 bridgehead atoms. The molecule has 0 spiro atoms. The Balaban J connectivity index is 1.41. The maximum Gasteiger partial charge on any atom is 0.306 e. The number of hydrogen-bond acceptors (Lipinski definition) is 5. The zero-order valence-electron chi connectivity index (χ0n) is 18.9. The predicted molar refractivity (Wildman–Crippen MR) is 113 cm³/mol. The van der Waals surface area contributed by atoms with Crippen molar-refractivity contribution >= 4 is 23.5 Å². The largest absolute Gasteiger partial charge is 0.481 e. The van der Waals surface area contributed by atoms with E-state index in [4.69, 9.17) is 9.84 Å². The van der Waals surface area contributed by atoms with Gasteiger partial charge in [0.15, 0.2) is 5.78 Å². The highest BCUT2D eigenvalue weighted by Gasteiger charge is 2.61. The third-order valence-electron chi connectivity index (χ3n) is 9.79. The molecule has 0 aromatic rings. The lowest BCUT2D eigenvalue weighted by Gasteiger charge is -2.60. The van der Waals surface area contributed by atoms with Gasteiger partial charge in [-0.15, -0.1) is 0 Å². The minimum atomic E-state index is -1.04. The second-order valence-electron chi connectivity index (χ2n) is 11.1. The molecule has 6 nitrogen and oxygen atoms in total. The average Bonchev–Trinajstić information content (AvgIpc) is 3.08. The molecular weight excluding hydrogens is 396 g/mol. The van der Waals surface area contributed by atoms with E-state index >= 15 is 0 Å². The van der Waals surface area contributed by atoms with E-state index in [0.717, 1.165) is 51.4 Å². The fourth-order valence-electron chi connectivity index (χ4n) is 8.11. The Hall–Kier alpha value is -1.72. The molecule has 4 rings (SSSR count). The van der Waals surface area contributed by atoms with Crippen LogP contribution in [-0.2, 0) is 23.9 Å². The predicted octanol–water partition coefficient (Wildman–Crippen LogP) is 4.19. The van der Waals surface area contributed by atoms with Gasteiger partial charge >= 0.3 is 11.9 Å². The molecule has 0 aromatic carbocycles. The molecule has 1 unspecified atom stereocenters. The van der Waals surface area contributed by atoms with E-state index in [9.17, 15) is 19.2 Å². The first-order chi connectivity index (χ1) is 14.6. The molecule has 4 aliphatic carbocycles. The topological polar surface area (TPSA) is 97.7 Å². The summed E-state index contributed by atoms with van der Waals surface area (Å²) in [5.74, 6) is 1.03. The highest BCUT2D eigenvalue weighted by Crippen LogP contribution is 2.67. The number of Topliss-reactive ketones (excluding diaryl/α,β-unsaturated/α-hetero) is 2. The molecule has 0 aliphatic heterocycles. The van der Waals surface area contributed by atoms with Gasteiger partial charge in [0.05, 0.1) is 12.8 Å². The second kappa shape index (κ2) is 8.32. The number of hydrogen-bond donors (Lipinski definition) is 1. The molecule has 0 saturated heterocycles. The Morgan fingerprint density at radius 3 is 2.45 bits per heavy atom. The lowest BCUT2D eigenvalue weighted by molar-refractivity contribution is -0.154. The number of ether oxygens (including phenoxy) is 1. The third-order valence-corrected chi connectivity index (χ3v) is 9.79. The minimum Gasteiger partial charge on any atom is -0.481 e. The van der Waals surface area contributed by atoms with Crippen LogP contribution in [0, 0.1) is 40.4 Å². The first-order valence-corrected chi connectivity index (χ1v) is 12.1. The highest BCUT2D eigenvalue weighted by atomic mass is 16.5. The molecule has 31 heavy (non-hydrogen) atoms. The van der Waals surface area contributed by atoms with Gasteiger partial charge in [-0.05, 0) is 79.4 Å². The second-order valence-corrected chi connectivity index (χ2v) is 11.1. The summed E-state index contributed by atoms with van der Waals surface area (Å²) in [5.41, 5.74) is 0.222. The maximum absolute atomic E-state index is 13.0. The van der Waals surface area contributed by atoms with Crippen molar-refractivity contribution in [3.8, 4) is 0 Å². The Morgan fingerprint density at radius 2 is 1.71 bits per heavy atom. The smallest absolute Gasteiger partial charge is 0.306 e. The van der Waals surface area contributed by atoms with Crippen LogP contribution in [0.15, 0.2) is 0 Å². The van der Waals surface area contributed by atoms with E-state index in [1.54, 1.807) is 0 Å². The number of carbonyl (C=O) groups excluding carboxylic acids is 3. The molecule has 0 aromatic heterocycles. The van der Waals surface area contributed by atoms with Crippen molar-refractivity contribution in [1.82, 2.24) is 0 Å². The van der Waals surface area contributed by atoms with Gasteiger partial charge in [0.2, 0.25) is 0 Å². The molecule has 6 heteroatoms. The molecule has 0 heterocycles. The van der Waals surface area contributed by atoms with E-state index < -0.39 is 11.9 Å². The number of rotatable bonds is 6. The van der Waals surface area contributed by atoms with Gasteiger partial charge in [-0.3, -0.25) is 19.2 Å². The normalized spacial score (nSPS) is 41.6. The van der Waals surface area contributed by atoms with Gasteiger partial charge in [-0.25, -0.2) is 0 Å². The average molecular weight is 433 g/mol. The van der Waals surface area contributed by atoms with E-state index in [0.29, 0.717) is 29.5 Å². The molecule has 4 fully saturated rings. The summed E-state index contributed by atoms with van der Waals surface area (Å²) in [7, 11) is 0. The fourth-order valence-corrected chi connectivity index (χ4v) is 8.11. The van der Waals surface area contributed by atoms with Crippen LogP contribution in [0.2, 0.25) is 0 Å². The molecular formula is C25H36O6. The van der Waals surface area contributed by atoms with Gasteiger partial charge in [-0.2, -0.15) is 0 Å². The van der Waals surface area contributed by atoms with Crippen molar-refractivity contribution in [2.45, 2.75) is 84.5 Å². The monoisotopic (exact) mass is 432 g/mol. The van der Waals surface area contributed by atoms with Crippen LogP contribution in [0.4, 0.5) is 0 Å². The number of aliphatic carboxylic acids is 1. The molecule has 1 N–H and O–H groups in total. The third kappa shape index (κ3) is 3.95. The summed E-state index contributed by atoms with van der Waals surface area (Å²) >= 11 is 0. The summed E-state index contributed by atoms with van der Waals surface area (Å²) in [6.45, 7) is 4.47. The van der Waals surface area contributed by atoms with E-state index in [1.807, 2.05) is 0 Å². The first-order valence-electron chi connectivity index (χ1n) is 12.1. The molecule has 4 saturated carbocycles. The summed E-state index contributed by atoms with van der Waals surface area (Å²) < 4.78 is 5.11. The van der Waals surface area contributed by atoms with Gasteiger partial charge in [0.1, 0.15) is 12.4 Å². The van der Waals surface area contributed by atoms with Crippen LogP contribution in [0.25, 0.3) is 0 Å². The quantitative estimate of drug-likeness (QED) is 0.632. The zero-order valence-corrected chi connectivity index (χ0v) is 18.9. The van der Waals surface area contributed by atoms with Crippen LogP contribution in [-0.4, -0.2) is 35.2 Å². The molecule has 172 valence electrons. The summed E-state index contributed by atoms with van der Waals surface area (Å²) in [5, 5.41) is 8.68. The molecule has 0 radical (unpaired) electrons. The number of carboxylic acid groups (broad SMARTS) is 1. The minimum absolute atomic E-state index is 0.00437. The number of fused-ring (bicyclic) bond motifs is 5. The maximum atomic E-state index is 13.0. The first kappa shape index (κ1) is 22.5. The van der Waals surface area contributed by atoms with Crippen molar-refractivity contribution in [3.63, 3.8) is 0 Å². The summed E-state index contributed by atoms with van der Waals surface area (Å²) in [4.78, 5) is 47.4. The lowest BCUT2D eigenvalue weighted by atomic mass is 9.44. The highest BCUT2D eigenvalue weighted by molar-refractivity contribution is 5.86. The van der Waals surface area contributed by atoms with E-state index in [2.05, 4.69) is 13.8 Å². The summed E-state index contributed by atoms with van der Waals surface area (Å²) in [6, 6.07) is 0. The van der Waals surface area contributed by atoms with Crippen molar-refractivity contribution in [3.05, 3.63) is 0 Å². The zero-order chi connectivity index (χ0) is 22.4. The van der Waals surface area contributed by atoms with Gasteiger partial charge in [0.25, 0.3) is 0 Å². The standard InChI is InChI=1S/C25H36O6/c1-24-11-9-16(26)13-15(24)3-4-17-18-5-6-20(25(18,2)12-10-19(17)24)21(27)14-31-23(30)8-7-22(28)29/h15,17-20H,3-14H2,1-2H3,(H,28,29)/t15?,17-,18+,19+,20-,24+,25+/m1/s1. The van der Waals surface area contributed by atoms with Crippen molar-refractivity contribution in [2.75, 3.05) is 6.61 Å². The van der Waals surface area contributed by atoms with Crippen LogP contribution in [0.1, 0.15) is 84.5 Å². The number of carboxylic acids is 1. The van der Waals surface area contributed by atoms with Gasteiger partial charge in [-0.1, -0.05) is 13.8 Å². The fraction of sp³-hybridized carbons (Fsp3) is 0.840. The van der Waals surface area contributed by atoms with Crippen molar-refractivity contribution in [1.29, 1.82) is 0 Å². The number of carbonyl (C=O) groups is 4. The van der Waals surface area contributed by atoms with Crippen molar-refractivity contribution in [2.24, 2.45) is 40.4 Å². The summed E-state index contributed by atoms with van der Waals surface area (Å²) in [6.07, 6.45) is 8.41. The Morgan fingerprint density at radius 1 is 0.968 bits per heavy atom. The van der Waals surface area contributed by atoms with Crippen LogP contribution >= 0.6 is 0 Å². The van der Waals surface area contributed by atoms with E-state index in [1.165, 1.54) is 6.42 Å². The Bertz CT molecular complexity index is 774. The van der Waals surface area contributed by atoms with Crippen LogP contribution in [0.3, 0.4) is 0 Å². The molecule has 7 atom stereocenters. The Kier molecular flexibility index (Phi) is 6.04. The Labute approximate surface area is 184 Å². The van der Waals surface area contributed by atoms with Gasteiger partial charge in [0, 0.05) is 18.8 Å². The SMILES string of the molecule is C[C@]12CC[C@H]3[C@H](CCC4CC(=O)CC[C@@]43C)[C@@H]1CC[C@@H]2C(=O)COC(=O)CCC(=O)O. The van der Waals surface area contributed by atoms with Crippen LogP contribution < -0.4 is 0 Å².